The molecule has 0 saturated carbocycles. The Bertz CT molecular complexity index is 560. The van der Waals surface area contributed by atoms with Crippen LogP contribution in [0.15, 0.2) is 41.5 Å². The molecule has 0 atom stereocenters. The van der Waals surface area contributed by atoms with Crippen molar-refractivity contribution < 1.29 is 4.92 Å². The predicted molar refractivity (Wildman–Crippen MR) is 63.6 cm³/mol. The summed E-state index contributed by atoms with van der Waals surface area (Å²) in [5.74, 6) is 0.389. The highest BCUT2D eigenvalue weighted by Gasteiger charge is 2.14. The van der Waals surface area contributed by atoms with Crippen LogP contribution in [0.3, 0.4) is 0 Å². The van der Waals surface area contributed by atoms with Gasteiger partial charge in [0.15, 0.2) is 0 Å². The molecular formula is C11H10N4O2. The molecule has 0 fully saturated rings. The first-order valence-electron chi connectivity index (χ1n) is 4.93. The second-order valence-electron chi connectivity index (χ2n) is 3.38. The van der Waals surface area contributed by atoms with Crippen molar-refractivity contribution in [3.63, 3.8) is 0 Å². The molecule has 0 aliphatic rings. The van der Waals surface area contributed by atoms with Crippen LogP contribution in [0.1, 0.15) is 5.82 Å². The molecule has 0 saturated heterocycles. The number of nitrogens with zero attached hydrogens (tertiary/aromatic N) is 4. The topological polar surface area (TPSA) is 73.3 Å². The second-order valence-corrected chi connectivity index (χ2v) is 3.38. The number of imidazole rings is 1. The van der Waals surface area contributed by atoms with Gasteiger partial charge in [0.1, 0.15) is 6.20 Å². The van der Waals surface area contributed by atoms with Gasteiger partial charge in [-0.3, -0.25) is 4.99 Å². The zero-order valence-corrected chi connectivity index (χ0v) is 9.15. The Hall–Kier alpha value is -2.50. The van der Waals surface area contributed by atoms with E-state index in [1.807, 2.05) is 30.3 Å². The summed E-state index contributed by atoms with van der Waals surface area (Å²) in [5.41, 5.74) is 0.776. The zero-order chi connectivity index (χ0) is 12.3. The minimum Gasteiger partial charge on any atom is -0.358 e. The summed E-state index contributed by atoms with van der Waals surface area (Å²) in [6, 6.07) is 9.31. The number of para-hydroxylation sites is 1. The second kappa shape index (κ2) is 4.56. The van der Waals surface area contributed by atoms with Crippen molar-refractivity contribution in [1.29, 1.82) is 0 Å². The highest BCUT2D eigenvalue weighted by Crippen LogP contribution is 2.12. The molecule has 0 bridgehead atoms. The van der Waals surface area contributed by atoms with Gasteiger partial charge in [0.2, 0.25) is 5.82 Å². The molecule has 2 rings (SSSR count). The van der Waals surface area contributed by atoms with Gasteiger partial charge in [0.05, 0.1) is 18.9 Å². The SMILES string of the molecule is Cn1c([N+](=O)[O-])cnc1C=Nc1ccccc1. The molecule has 0 aliphatic heterocycles. The molecule has 86 valence electrons. The molecule has 0 aliphatic carbocycles. The summed E-state index contributed by atoms with van der Waals surface area (Å²) in [7, 11) is 1.58. The Morgan fingerprint density at radius 2 is 2.12 bits per heavy atom. The Morgan fingerprint density at radius 3 is 2.71 bits per heavy atom. The first-order chi connectivity index (χ1) is 8.18. The molecule has 6 nitrogen and oxygen atoms in total. The van der Waals surface area contributed by atoms with Crippen molar-refractivity contribution in [2.24, 2.45) is 12.0 Å². The van der Waals surface area contributed by atoms with Gasteiger partial charge < -0.3 is 10.1 Å². The summed E-state index contributed by atoms with van der Waals surface area (Å²) in [6.45, 7) is 0. The summed E-state index contributed by atoms with van der Waals surface area (Å²) in [4.78, 5) is 18.2. The molecular weight excluding hydrogens is 220 g/mol. The van der Waals surface area contributed by atoms with Crippen LogP contribution >= 0.6 is 0 Å². The summed E-state index contributed by atoms with van der Waals surface area (Å²) >= 11 is 0. The summed E-state index contributed by atoms with van der Waals surface area (Å²) in [5, 5.41) is 10.6. The maximum Gasteiger partial charge on any atom is 0.342 e. The number of rotatable bonds is 3. The van der Waals surface area contributed by atoms with Crippen LogP contribution < -0.4 is 0 Å². The van der Waals surface area contributed by atoms with E-state index in [2.05, 4.69) is 9.98 Å². The molecule has 0 amide bonds. The maximum atomic E-state index is 10.6. The number of hydrogen-bond acceptors (Lipinski definition) is 4. The maximum absolute atomic E-state index is 10.6. The molecule has 0 spiro atoms. The van der Waals surface area contributed by atoms with Crippen LogP contribution in [-0.4, -0.2) is 20.7 Å². The van der Waals surface area contributed by atoms with Gasteiger partial charge in [0, 0.05) is 0 Å². The Kier molecular flexibility index (Phi) is 2.95. The van der Waals surface area contributed by atoms with Gasteiger partial charge in [-0.25, -0.2) is 9.55 Å². The normalized spacial score (nSPS) is 10.9. The van der Waals surface area contributed by atoms with E-state index in [0.29, 0.717) is 5.82 Å². The summed E-state index contributed by atoms with van der Waals surface area (Å²) < 4.78 is 1.38. The average Bonchev–Trinajstić information content (AvgIpc) is 2.69. The predicted octanol–water partition coefficient (Wildman–Crippen LogP) is 2.08. The lowest BCUT2D eigenvalue weighted by atomic mass is 10.3. The van der Waals surface area contributed by atoms with Crippen LogP contribution in [0.2, 0.25) is 0 Å². The minimum atomic E-state index is -0.479. The molecule has 1 aromatic carbocycles. The van der Waals surface area contributed by atoms with Crippen LogP contribution in [0.5, 0.6) is 0 Å². The first kappa shape index (κ1) is 11.0. The Balaban J connectivity index is 2.25. The monoisotopic (exact) mass is 230 g/mol. The van der Waals surface area contributed by atoms with E-state index < -0.39 is 4.92 Å². The van der Waals surface area contributed by atoms with Crippen molar-refractivity contribution in [3.8, 4) is 0 Å². The fraction of sp³-hybridized carbons (Fsp3) is 0.0909. The number of benzene rings is 1. The smallest absolute Gasteiger partial charge is 0.342 e. The molecule has 0 unspecified atom stereocenters. The quantitative estimate of drug-likeness (QED) is 0.460. The third kappa shape index (κ3) is 2.36. The van der Waals surface area contributed by atoms with Gasteiger partial charge in [-0.2, -0.15) is 0 Å². The lowest BCUT2D eigenvalue weighted by Gasteiger charge is -1.94. The zero-order valence-electron chi connectivity index (χ0n) is 9.15. The van der Waals surface area contributed by atoms with Gasteiger partial charge in [-0.1, -0.05) is 18.2 Å². The molecule has 1 aromatic heterocycles. The fourth-order valence-electron chi connectivity index (χ4n) is 1.35. The van der Waals surface area contributed by atoms with E-state index in [0.717, 1.165) is 5.69 Å². The highest BCUT2D eigenvalue weighted by atomic mass is 16.6. The standard InChI is InChI=1S/C11H10N4O2/c1-14-10(13-8-11(14)15(16)17)7-12-9-5-3-2-4-6-9/h2-8H,1H3. The first-order valence-corrected chi connectivity index (χ1v) is 4.93. The number of nitro groups is 1. The Morgan fingerprint density at radius 1 is 1.41 bits per heavy atom. The van der Waals surface area contributed by atoms with Crippen LogP contribution in [0.25, 0.3) is 0 Å². The number of aromatic nitrogens is 2. The van der Waals surface area contributed by atoms with Crippen molar-refractivity contribution in [2.75, 3.05) is 0 Å². The van der Waals surface area contributed by atoms with Crippen molar-refractivity contribution >= 4 is 17.7 Å². The average molecular weight is 230 g/mol. The third-order valence-electron chi connectivity index (χ3n) is 2.27. The van der Waals surface area contributed by atoms with E-state index in [-0.39, 0.29) is 5.82 Å². The lowest BCUT2D eigenvalue weighted by molar-refractivity contribution is -0.391. The molecule has 2 aromatic rings. The molecule has 6 heteroatoms. The van der Waals surface area contributed by atoms with Gasteiger partial charge in [-0.15, -0.1) is 0 Å². The molecule has 17 heavy (non-hydrogen) atoms. The number of hydrogen-bond donors (Lipinski definition) is 0. The third-order valence-corrected chi connectivity index (χ3v) is 2.27. The largest absolute Gasteiger partial charge is 0.358 e. The van der Waals surface area contributed by atoms with E-state index in [1.165, 1.54) is 17.0 Å². The van der Waals surface area contributed by atoms with Crippen LogP contribution in [0, 0.1) is 10.1 Å². The van der Waals surface area contributed by atoms with E-state index in [4.69, 9.17) is 0 Å². The van der Waals surface area contributed by atoms with Crippen LogP contribution in [-0.2, 0) is 7.05 Å². The van der Waals surface area contributed by atoms with Crippen molar-refractivity contribution in [3.05, 3.63) is 52.5 Å². The Labute approximate surface area is 97.4 Å². The van der Waals surface area contributed by atoms with Crippen LogP contribution in [0.4, 0.5) is 11.5 Å². The van der Waals surface area contributed by atoms with Gasteiger partial charge >= 0.3 is 5.82 Å². The lowest BCUT2D eigenvalue weighted by Crippen LogP contribution is -2.00. The van der Waals surface area contributed by atoms with E-state index in [1.54, 1.807) is 7.05 Å². The van der Waals surface area contributed by atoms with Gasteiger partial charge in [-0.05, 0) is 17.1 Å². The molecule has 1 heterocycles. The molecule has 0 radical (unpaired) electrons. The van der Waals surface area contributed by atoms with E-state index in [9.17, 15) is 10.1 Å². The summed E-state index contributed by atoms with van der Waals surface area (Å²) in [6.07, 6.45) is 2.72. The van der Waals surface area contributed by atoms with Gasteiger partial charge in [0.25, 0.3) is 0 Å². The van der Waals surface area contributed by atoms with Crippen molar-refractivity contribution in [2.45, 2.75) is 0 Å². The van der Waals surface area contributed by atoms with Crippen molar-refractivity contribution in [1.82, 2.24) is 9.55 Å². The molecule has 0 N–H and O–H groups in total. The minimum absolute atomic E-state index is 0.0560. The van der Waals surface area contributed by atoms with E-state index >= 15 is 0 Å². The number of aliphatic imine (C=N–C) groups is 1. The fourth-order valence-corrected chi connectivity index (χ4v) is 1.35. The highest BCUT2D eigenvalue weighted by molar-refractivity contribution is 5.78.